The number of para-hydroxylation sites is 1. The van der Waals surface area contributed by atoms with E-state index < -0.39 is 10.9 Å². The van der Waals surface area contributed by atoms with Crippen molar-refractivity contribution in [3.63, 3.8) is 0 Å². The highest BCUT2D eigenvalue weighted by atomic mass is 32.2. The Morgan fingerprint density at radius 2 is 1.97 bits per heavy atom. The average molecular weight is 413 g/mol. The summed E-state index contributed by atoms with van der Waals surface area (Å²) in [5.74, 6) is -0.658. The van der Waals surface area contributed by atoms with E-state index in [1.807, 2.05) is 30.3 Å². The van der Waals surface area contributed by atoms with Crippen LogP contribution in [0.25, 0.3) is 5.69 Å². The molecule has 3 rings (SSSR count). The Morgan fingerprint density at radius 1 is 1.24 bits per heavy atom. The van der Waals surface area contributed by atoms with E-state index in [0.29, 0.717) is 16.5 Å². The molecular formula is C17H15N7O4S. The van der Waals surface area contributed by atoms with Gasteiger partial charge in [-0.05, 0) is 53.4 Å². The Hall–Kier alpha value is -3.80. The van der Waals surface area contributed by atoms with Gasteiger partial charge in [-0.1, -0.05) is 18.2 Å². The van der Waals surface area contributed by atoms with Gasteiger partial charge in [0, 0.05) is 12.1 Å². The molecule has 0 fully saturated rings. The number of nitrogens with zero attached hydrogens (tertiary/aromatic N) is 6. The monoisotopic (exact) mass is 413 g/mol. The van der Waals surface area contributed by atoms with Gasteiger partial charge >= 0.3 is 5.97 Å². The minimum atomic E-state index is -0.658. The summed E-state index contributed by atoms with van der Waals surface area (Å²) in [5, 5.41) is 26.6. The highest BCUT2D eigenvalue weighted by molar-refractivity contribution is 8.15. The molecule has 1 N–H and O–H groups in total. The SMILES string of the molecule is CCOC(=O)C(=NNc1ccc([N+](=O)[O-])cc1)Sc1nnnn1-c1ccccc1. The van der Waals surface area contributed by atoms with Crippen molar-refractivity contribution in [1.29, 1.82) is 0 Å². The van der Waals surface area contributed by atoms with Crippen LogP contribution in [0.5, 0.6) is 0 Å². The maximum absolute atomic E-state index is 12.3. The molecule has 0 radical (unpaired) electrons. The molecule has 2 aromatic carbocycles. The van der Waals surface area contributed by atoms with E-state index in [0.717, 1.165) is 11.8 Å². The predicted octanol–water partition coefficient (Wildman–Crippen LogP) is 2.65. The molecule has 0 aliphatic carbocycles. The van der Waals surface area contributed by atoms with Crippen molar-refractivity contribution in [2.45, 2.75) is 12.1 Å². The lowest BCUT2D eigenvalue weighted by atomic mass is 10.3. The van der Waals surface area contributed by atoms with Crippen molar-refractivity contribution < 1.29 is 14.5 Å². The first kappa shape index (κ1) is 19.9. The van der Waals surface area contributed by atoms with Crippen LogP contribution in [-0.4, -0.2) is 42.8 Å². The molecule has 0 bridgehead atoms. The molecule has 11 nitrogen and oxygen atoms in total. The highest BCUT2D eigenvalue weighted by Crippen LogP contribution is 2.21. The number of aromatic nitrogens is 4. The van der Waals surface area contributed by atoms with Crippen LogP contribution in [-0.2, 0) is 9.53 Å². The van der Waals surface area contributed by atoms with Gasteiger partial charge < -0.3 is 4.74 Å². The zero-order chi connectivity index (χ0) is 20.6. The number of ether oxygens (including phenoxy) is 1. The molecule has 0 saturated heterocycles. The normalized spacial score (nSPS) is 11.1. The van der Waals surface area contributed by atoms with Crippen LogP contribution in [0.15, 0.2) is 64.9 Å². The van der Waals surface area contributed by atoms with E-state index >= 15 is 0 Å². The summed E-state index contributed by atoms with van der Waals surface area (Å²) in [6, 6.07) is 14.8. The minimum absolute atomic E-state index is 0.0304. The van der Waals surface area contributed by atoms with Crippen molar-refractivity contribution in [3.8, 4) is 5.69 Å². The quantitative estimate of drug-likeness (QED) is 0.161. The highest BCUT2D eigenvalue weighted by Gasteiger charge is 2.20. The largest absolute Gasteiger partial charge is 0.461 e. The maximum Gasteiger partial charge on any atom is 0.365 e. The van der Waals surface area contributed by atoms with Gasteiger partial charge in [0.1, 0.15) is 0 Å². The van der Waals surface area contributed by atoms with Crippen LogP contribution in [0.4, 0.5) is 11.4 Å². The Kier molecular flexibility index (Phi) is 6.47. The summed E-state index contributed by atoms with van der Waals surface area (Å²) in [5.41, 5.74) is 3.81. The van der Waals surface area contributed by atoms with Crippen LogP contribution in [0, 0.1) is 10.1 Å². The van der Waals surface area contributed by atoms with Gasteiger partial charge in [-0.3, -0.25) is 15.5 Å². The number of tetrazole rings is 1. The molecule has 0 amide bonds. The third-order valence-electron chi connectivity index (χ3n) is 3.44. The Balaban J connectivity index is 1.83. The molecule has 3 aromatic rings. The van der Waals surface area contributed by atoms with Crippen LogP contribution < -0.4 is 5.43 Å². The number of nitrogens with one attached hydrogen (secondary N) is 1. The van der Waals surface area contributed by atoms with Gasteiger partial charge in [0.2, 0.25) is 10.2 Å². The number of hydrazone groups is 1. The summed E-state index contributed by atoms with van der Waals surface area (Å²) in [6.07, 6.45) is 0. The van der Waals surface area contributed by atoms with Crippen LogP contribution in [0.2, 0.25) is 0 Å². The van der Waals surface area contributed by atoms with E-state index in [4.69, 9.17) is 4.74 Å². The Labute approximate surface area is 168 Å². The molecule has 0 atom stereocenters. The summed E-state index contributed by atoms with van der Waals surface area (Å²) >= 11 is 0.924. The van der Waals surface area contributed by atoms with E-state index in [1.54, 1.807) is 6.92 Å². The van der Waals surface area contributed by atoms with Crippen LogP contribution >= 0.6 is 11.8 Å². The summed E-state index contributed by atoms with van der Waals surface area (Å²) in [4.78, 5) is 22.5. The van der Waals surface area contributed by atoms with Gasteiger partial charge in [0.15, 0.2) is 0 Å². The molecule has 0 unspecified atom stereocenters. The second-order valence-electron chi connectivity index (χ2n) is 5.36. The molecular weight excluding hydrogens is 398 g/mol. The first-order chi connectivity index (χ1) is 14.1. The average Bonchev–Trinajstić information content (AvgIpc) is 3.20. The standard InChI is InChI=1S/C17H15N7O4S/c1-2-28-16(25)15(19-18-12-8-10-14(11-9-12)24(26)27)29-17-20-21-22-23(17)13-6-4-3-5-7-13/h3-11,18H,2H2,1H3. The first-order valence-corrected chi connectivity index (χ1v) is 9.17. The zero-order valence-corrected chi connectivity index (χ0v) is 15.9. The number of benzene rings is 2. The number of esters is 1. The molecule has 0 aliphatic heterocycles. The molecule has 148 valence electrons. The fourth-order valence-corrected chi connectivity index (χ4v) is 2.85. The third-order valence-corrected chi connectivity index (χ3v) is 4.33. The van der Waals surface area contributed by atoms with Gasteiger partial charge in [-0.25, -0.2) is 4.79 Å². The van der Waals surface area contributed by atoms with Crippen LogP contribution in [0.3, 0.4) is 0 Å². The van der Waals surface area contributed by atoms with Crippen molar-refractivity contribution in [3.05, 3.63) is 64.7 Å². The van der Waals surface area contributed by atoms with Gasteiger partial charge in [-0.15, -0.1) is 5.10 Å². The third kappa shape index (κ3) is 5.13. The first-order valence-electron chi connectivity index (χ1n) is 8.35. The van der Waals surface area contributed by atoms with Gasteiger partial charge in [-0.2, -0.15) is 9.78 Å². The molecule has 12 heteroatoms. The van der Waals surface area contributed by atoms with E-state index in [2.05, 4.69) is 26.1 Å². The maximum atomic E-state index is 12.3. The minimum Gasteiger partial charge on any atom is -0.461 e. The molecule has 1 aromatic heterocycles. The fourth-order valence-electron chi connectivity index (χ4n) is 2.14. The number of anilines is 1. The number of nitro groups is 1. The van der Waals surface area contributed by atoms with Crippen molar-refractivity contribution >= 4 is 34.1 Å². The molecule has 0 aliphatic rings. The topological polar surface area (TPSA) is 137 Å². The number of nitro benzene ring substituents is 1. The van der Waals surface area contributed by atoms with Crippen molar-refractivity contribution in [1.82, 2.24) is 20.2 Å². The lowest BCUT2D eigenvalue weighted by molar-refractivity contribution is -0.384. The Bertz CT molecular complexity index is 1020. The number of carbonyl (C=O) groups is 1. The van der Waals surface area contributed by atoms with Gasteiger partial charge in [0.25, 0.3) is 5.69 Å². The smallest absolute Gasteiger partial charge is 0.365 e. The predicted molar refractivity (Wildman–Crippen MR) is 106 cm³/mol. The van der Waals surface area contributed by atoms with Gasteiger partial charge in [0.05, 0.1) is 22.9 Å². The number of hydrogen-bond acceptors (Lipinski definition) is 10. The number of thioether (sulfide) groups is 1. The van der Waals surface area contributed by atoms with E-state index in [9.17, 15) is 14.9 Å². The number of rotatable bonds is 6. The summed E-state index contributed by atoms with van der Waals surface area (Å²) in [7, 11) is 0. The van der Waals surface area contributed by atoms with E-state index in [1.165, 1.54) is 28.9 Å². The van der Waals surface area contributed by atoms with Crippen LogP contribution in [0.1, 0.15) is 6.92 Å². The Morgan fingerprint density at radius 3 is 2.62 bits per heavy atom. The second-order valence-corrected chi connectivity index (χ2v) is 6.32. The summed E-state index contributed by atoms with van der Waals surface area (Å²) in [6.45, 7) is 1.84. The summed E-state index contributed by atoms with van der Waals surface area (Å²) < 4.78 is 6.50. The number of hydrogen-bond donors (Lipinski definition) is 1. The van der Waals surface area contributed by atoms with Crippen molar-refractivity contribution in [2.75, 3.05) is 12.0 Å². The second kappa shape index (κ2) is 9.41. The molecule has 29 heavy (non-hydrogen) atoms. The molecule has 0 spiro atoms. The molecule has 0 saturated carbocycles. The number of non-ortho nitro benzene ring substituents is 1. The zero-order valence-electron chi connectivity index (χ0n) is 15.1. The molecule has 1 heterocycles. The lowest BCUT2D eigenvalue weighted by Crippen LogP contribution is -2.17. The lowest BCUT2D eigenvalue weighted by Gasteiger charge is -2.07. The van der Waals surface area contributed by atoms with Crippen molar-refractivity contribution in [2.24, 2.45) is 5.10 Å². The fraction of sp³-hybridized carbons (Fsp3) is 0.118. The number of carbonyl (C=O) groups excluding carboxylic acids is 1. The van der Waals surface area contributed by atoms with E-state index in [-0.39, 0.29) is 17.3 Å².